The molecule has 1 saturated carbocycles. The highest BCUT2D eigenvalue weighted by molar-refractivity contribution is 6.17. The number of carbonyl (C=O) groups is 1. The summed E-state index contributed by atoms with van der Waals surface area (Å²) in [5, 5.41) is 0. The van der Waals surface area contributed by atoms with Gasteiger partial charge in [-0.25, -0.2) is 0 Å². The Bertz CT molecular complexity index is 300. The molecule has 1 spiro atoms. The summed E-state index contributed by atoms with van der Waals surface area (Å²) in [4.78, 5) is 12.2. The number of rotatable bonds is 6. The van der Waals surface area contributed by atoms with Crippen LogP contribution in [0.15, 0.2) is 0 Å². The van der Waals surface area contributed by atoms with Crippen LogP contribution in [-0.2, 0) is 14.3 Å². The van der Waals surface area contributed by atoms with Gasteiger partial charge >= 0.3 is 0 Å². The van der Waals surface area contributed by atoms with Crippen molar-refractivity contribution in [3.05, 3.63) is 0 Å². The van der Waals surface area contributed by atoms with Gasteiger partial charge in [0, 0.05) is 30.6 Å². The van der Waals surface area contributed by atoms with Gasteiger partial charge in [0.05, 0.1) is 13.2 Å². The van der Waals surface area contributed by atoms with Crippen molar-refractivity contribution in [1.29, 1.82) is 0 Å². The first-order chi connectivity index (χ1) is 9.23. The van der Waals surface area contributed by atoms with Gasteiger partial charge in [0.15, 0.2) is 5.79 Å². The minimum absolute atomic E-state index is 0.118. The molecule has 3 nitrogen and oxygen atoms in total. The summed E-state index contributed by atoms with van der Waals surface area (Å²) in [6.45, 7) is 3.48. The second kappa shape index (κ2) is 7.05. The van der Waals surface area contributed by atoms with E-state index in [0.717, 1.165) is 38.5 Å². The van der Waals surface area contributed by atoms with E-state index < -0.39 is 5.79 Å². The van der Waals surface area contributed by atoms with Crippen LogP contribution >= 0.6 is 11.6 Å². The van der Waals surface area contributed by atoms with Crippen LogP contribution < -0.4 is 0 Å². The maximum absolute atomic E-state index is 12.2. The first kappa shape index (κ1) is 15.3. The van der Waals surface area contributed by atoms with Gasteiger partial charge in [0.1, 0.15) is 5.78 Å². The molecule has 2 fully saturated rings. The van der Waals surface area contributed by atoms with Crippen LogP contribution in [0.2, 0.25) is 0 Å². The van der Waals surface area contributed by atoms with Gasteiger partial charge in [0.25, 0.3) is 0 Å². The Hall–Kier alpha value is -0.120. The molecule has 110 valence electrons. The molecule has 1 heterocycles. The number of ketones is 1. The number of hydrogen-bond donors (Lipinski definition) is 0. The van der Waals surface area contributed by atoms with Crippen molar-refractivity contribution in [2.45, 2.75) is 57.7 Å². The summed E-state index contributed by atoms with van der Waals surface area (Å²) in [5.74, 6) is 1.01. The summed E-state index contributed by atoms with van der Waals surface area (Å²) < 4.78 is 11.8. The molecule has 0 bridgehead atoms. The fourth-order valence-electron chi connectivity index (χ4n) is 3.62. The van der Waals surface area contributed by atoms with Crippen LogP contribution in [-0.4, -0.2) is 30.7 Å². The highest BCUT2D eigenvalue weighted by atomic mass is 35.5. The Morgan fingerprint density at radius 3 is 2.63 bits per heavy atom. The number of ether oxygens (including phenoxy) is 2. The van der Waals surface area contributed by atoms with E-state index >= 15 is 0 Å². The highest BCUT2D eigenvalue weighted by Crippen LogP contribution is 2.45. The normalized spacial score (nSPS) is 30.1. The molecule has 1 saturated heterocycles. The summed E-state index contributed by atoms with van der Waals surface area (Å²) in [5.41, 5.74) is 0. The summed E-state index contributed by atoms with van der Waals surface area (Å²) in [6, 6.07) is 0. The lowest BCUT2D eigenvalue weighted by Gasteiger charge is -2.43. The molecule has 0 aromatic rings. The first-order valence-electron chi connectivity index (χ1n) is 7.60. The summed E-state index contributed by atoms with van der Waals surface area (Å²) in [6.07, 6.45) is 6.49. The number of Topliss-reactive ketones (excluding diaryl/α,β-unsaturated/α-hetero) is 1. The molecule has 0 unspecified atom stereocenters. The smallest absolute Gasteiger partial charge is 0.172 e. The maximum atomic E-state index is 12.2. The molecular formula is C15H25ClO3. The molecule has 0 N–H and O–H groups in total. The fourth-order valence-corrected chi connectivity index (χ4v) is 3.81. The average molecular weight is 289 g/mol. The van der Waals surface area contributed by atoms with E-state index in [4.69, 9.17) is 21.1 Å². The van der Waals surface area contributed by atoms with Crippen molar-refractivity contribution in [3.8, 4) is 0 Å². The van der Waals surface area contributed by atoms with Crippen molar-refractivity contribution in [2.75, 3.05) is 19.1 Å². The summed E-state index contributed by atoms with van der Waals surface area (Å²) in [7, 11) is 0. The second-order valence-electron chi connectivity index (χ2n) is 5.63. The van der Waals surface area contributed by atoms with Gasteiger partial charge in [0.2, 0.25) is 0 Å². The lowest BCUT2D eigenvalue weighted by Crippen LogP contribution is -2.49. The van der Waals surface area contributed by atoms with E-state index in [1.807, 2.05) is 0 Å². The fraction of sp³-hybridized carbons (Fsp3) is 0.933. The van der Waals surface area contributed by atoms with E-state index in [2.05, 4.69) is 6.92 Å². The molecule has 4 heteroatoms. The van der Waals surface area contributed by atoms with E-state index in [0.29, 0.717) is 31.3 Å². The Balaban J connectivity index is 1.98. The van der Waals surface area contributed by atoms with Crippen molar-refractivity contribution < 1.29 is 14.3 Å². The van der Waals surface area contributed by atoms with Crippen molar-refractivity contribution in [2.24, 2.45) is 11.8 Å². The Labute approximate surface area is 121 Å². The zero-order valence-electron chi connectivity index (χ0n) is 11.8. The molecule has 0 amide bonds. The van der Waals surface area contributed by atoms with Crippen LogP contribution in [0.1, 0.15) is 51.9 Å². The third-order valence-electron chi connectivity index (χ3n) is 4.55. The summed E-state index contributed by atoms with van der Waals surface area (Å²) >= 11 is 5.70. The van der Waals surface area contributed by atoms with Crippen molar-refractivity contribution in [1.82, 2.24) is 0 Å². The number of carbonyl (C=O) groups excluding carboxylic acids is 1. The Morgan fingerprint density at radius 1 is 1.26 bits per heavy atom. The average Bonchev–Trinajstić information content (AvgIpc) is 2.88. The molecule has 0 aromatic heterocycles. The molecule has 2 atom stereocenters. The highest BCUT2D eigenvalue weighted by Gasteiger charge is 2.51. The minimum Gasteiger partial charge on any atom is -0.347 e. The monoisotopic (exact) mass is 288 g/mol. The molecule has 1 aliphatic heterocycles. The molecule has 19 heavy (non-hydrogen) atoms. The van der Waals surface area contributed by atoms with Crippen molar-refractivity contribution >= 4 is 17.4 Å². The van der Waals surface area contributed by atoms with Gasteiger partial charge < -0.3 is 9.47 Å². The molecule has 2 rings (SSSR count). The topological polar surface area (TPSA) is 35.5 Å². The van der Waals surface area contributed by atoms with Crippen LogP contribution in [0.4, 0.5) is 0 Å². The van der Waals surface area contributed by atoms with Crippen LogP contribution in [0.3, 0.4) is 0 Å². The predicted molar refractivity (Wildman–Crippen MR) is 75.3 cm³/mol. The molecule has 1 aliphatic carbocycles. The van der Waals surface area contributed by atoms with Gasteiger partial charge in [-0.2, -0.15) is 0 Å². The third-order valence-corrected chi connectivity index (χ3v) is 4.82. The lowest BCUT2D eigenvalue weighted by molar-refractivity contribution is -0.224. The zero-order chi connectivity index (χ0) is 13.7. The molecular weight excluding hydrogens is 264 g/mol. The van der Waals surface area contributed by atoms with Gasteiger partial charge in [-0.05, 0) is 19.3 Å². The molecule has 0 radical (unpaired) electrons. The number of unbranched alkanes of at least 4 members (excludes halogenated alkanes) is 2. The largest absolute Gasteiger partial charge is 0.347 e. The molecule has 2 aliphatic rings. The van der Waals surface area contributed by atoms with Gasteiger partial charge in [-0.1, -0.05) is 19.8 Å². The van der Waals surface area contributed by atoms with E-state index in [1.165, 1.54) is 0 Å². The lowest BCUT2D eigenvalue weighted by atomic mass is 9.70. The van der Waals surface area contributed by atoms with Crippen LogP contribution in [0, 0.1) is 11.8 Å². The first-order valence-corrected chi connectivity index (χ1v) is 8.13. The third kappa shape index (κ3) is 3.32. The Kier molecular flexibility index (Phi) is 5.67. The number of halogens is 1. The quantitative estimate of drug-likeness (QED) is 0.554. The van der Waals surface area contributed by atoms with E-state index in [1.54, 1.807) is 0 Å². The standard InChI is InChI=1S/C15H25ClO3/c1-2-13-12(6-4-3-5-9-16)14(17)7-8-15(13)18-10-11-19-15/h12-13H,2-11H2,1H3/t12-,13-/m1/s1. The maximum Gasteiger partial charge on any atom is 0.172 e. The van der Waals surface area contributed by atoms with E-state index in [9.17, 15) is 4.79 Å². The van der Waals surface area contributed by atoms with Crippen LogP contribution in [0.5, 0.6) is 0 Å². The van der Waals surface area contributed by atoms with E-state index in [-0.39, 0.29) is 11.8 Å². The molecule has 0 aromatic carbocycles. The number of alkyl halides is 1. The van der Waals surface area contributed by atoms with Crippen molar-refractivity contribution in [3.63, 3.8) is 0 Å². The second-order valence-corrected chi connectivity index (χ2v) is 6.01. The Morgan fingerprint density at radius 2 is 2.00 bits per heavy atom. The van der Waals surface area contributed by atoms with Gasteiger partial charge in [-0.3, -0.25) is 4.79 Å². The van der Waals surface area contributed by atoms with Gasteiger partial charge in [-0.15, -0.1) is 11.6 Å². The van der Waals surface area contributed by atoms with Crippen LogP contribution in [0.25, 0.3) is 0 Å². The SMILES string of the molecule is CC[C@@H]1[C@@H](CCCCCCl)C(=O)CCC12OCCO2. The number of hydrogen-bond acceptors (Lipinski definition) is 3. The minimum atomic E-state index is -0.459. The zero-order valence-corrected chi connectivity index (χ0v) is 12.6. The predicted octanol–water partition coefficient (Wildman–Crippen LogP) is 3.53.